The van der Waals surface area contributed by atoms with Crippen molar-refractivity contribution in [2.45, 2.75) is 13.5 Å². The number of thiazole rings is 1. The van der Waals surface area contributed by atoms with Crippen molar-refractivity contribution in [1.29, 1.82) is 0 Å². The topological polar surface area (TPSA) is 95.0 Å². The summed E-state index contributed by atoms with van der Waals surface area (Å²) in [5.41, 5.74) is -0.168. The first-order valence-corrected chi connectivity index (χ1v) is 10.3. The molecule has 0 bridgehead atoms. The first kappa shape index (κ1) is 20.9. The normalized spacial score (nSPS) is 11.3. The lowest BCUT2D eigenvalue weighted by molar-refractivity contribution is -0.115. The van der Waals surface area contributed by atoms with Crippen molar-refractivity contribution in [3.05, 3.63) is 67.3 Å². The Hall–Kier alpha value is -3.31. The molecule has 0 spiro atoms. The first-order valence-electron chi connectivity index (χ1n) is 9.02. The van der Waals surface area contributed by atoms with E-state index >= 15 is 0 Å². The van der Waals surface area contributed by atoms with Crippen LogP contribution in [-0.4, -0.2) is 29.6 Å². The van der Waals surface area contributed by atoms with E-state index in [2.05, 4.69) is 9.97 Å². The van der Waals surface area contributed by atoms with Crippen LogP contribution in [0.4, 0.5) is 15.2 Å². The molecule has 0 aliphatic carbocycles. The van der Waals surface area contributed by atoms with Crippen molar-refractivity contribution in [3.8, 4) is 0 Å². The minimum Gasteiger partial charge on any atom is -0.303 e. The zero-order valence-corrected chi connectivity index (χ0v) is 18.2. The van der Waals surface area contributed by atoms with Crippen LogP contribution >= 0.6 is 22.9 Å². The fourth-order valence-electron chi connectivity index (χ4n) is 3.24. The summed E-state index contributed by atoms with van der Waals surface area (Å²) in [5, 5.41) is 1.97. The summed E-state index contributed by atoms with van der Waals surface area (Å²) in [6, 6.07) is 5.91. The van der Waals surface area contributed by atoms with Crippen LogP contribution in [0.25, 0.3) is 11.2 Å². The Labute approximate surface area is 183 Å². The number of aryl methyl sites for hydroxylation is 1. The van der Waals surface area contributed by atoms with Gasteiger partial charge in [0.25, 0.3) is 5.56 Å². The number of nitrogens with zero attached hydrogens (tertiary/aromatic N) is 6. The van der Waals surface area contributed by atoms with E-state index in [9.17, 15) is 18.8 Å². The molecule has 0 unspecified atom stereocenters. The maximum absolute atomic E-state index is 14.3. The first-order chi connectivity index (χ1) is 14.7. The van der Waals surface area contributed by atoms with Crippen LogP contribution in [0.1, 0.15) is 12.6 Å². The van der Waals surface area contributed by atoms with E-state index in [1.54, 1.807) is 11.4 Å². The van der Waals surface area contributed by atoms with Crippen LogP contribution in [0.2, 0.25) is 5.28 Å². The number of fused-ring (bicyclic) bond motifs is 1. The molecule has 31 heavy (non-hydrogen) atoms. The van der Waals surface area contributed by atoms with Gasteiger partial charge in [-0.2, -0.15) is 4.98 Å². The van der Waals surface area contributed by atoms with Gasteiger partial charge in [-0.25, -0.2) is 14.2 Å². The highest BCUT2D eigenvalue weighted by molar-refractivity contribution is 7.14. The van der Waals surface area contributed by atoms with E-state index in [0.29, 0.717) is 5.69 Å². The van der Waals surface area contributed by atoms with Gasteiger partial charge in [0.15, 0.2) is 16.3 Å². The minimum atomic E-state index is -0.553. The van der Waals surface area contributed by atoms with E-state index in [0.717, 1.165) is 15.9 Å². The van der Waals surface area contributed by atoms with Crippen LogP contribution < -0.4 is 16.1 Å². The zero-order chi connectivity index (χ0) is 22.4. The fourth-order valence-corrected chi connectivity index (χ4v) is 4.33. The number of halogens is 2. The number of carbonyl (C=O) groups excluding carboxylic acids is 1. The molecule has 3 heterocycles. The van der Waals surface area contributed by atoms with Crippen LogP contribution in [0.15, 0.2) is 39.2 Å². The Kier molecular flexibility index (Phi) is 5.23. The van der Waals surface area contributed by atoms with Gasteiger partial charge in [-0.05, 0) is 23.7 Å². The molecule has 0 N–H and O–H groups in total. The van der Waals surface area contributed by atoms with Crippen LogP contribution in [-0.2, 0) is 25.4 Å². The highest BCUT2D eigenvalue weighted by Gasteiger charge is 2.23. The maximum atomic E-state index is 14.3. The summed E-state index contributed by atoms with van der Waals surface area (Å²) in [6.07, 6.45) is 0. The lowest BCUT2D eigenvalue weighted by Crippen LogP contribution is -2.37. The maximum Gasteiger partial charge on any atom is 0.332 e. The average molecular weight is 463 g/mol. The van der Waals surface area contributed by atoms with Gasteiger partial charge in [0, 0.05) is 26.4 Å². The third-order valence-electron chi connectivity index (χ3n) is 4.76. The van der Waals surface area contributed by atoms with Gasteiger partial charge in [-0.15, -0.1) is 11.3 Å². The van der Waals surface area contributed by atoms with E-state index in [1.807, 2.05) is 0 Å². The average Bonchev–Trinajstić information content (AvgIpc) is 3.31. The summed E-state index contributed by atoms with van der Waals surface area (Å²) in [5.74, 6) is -0.955. The number of benzene rings is 1. The zero-order valence-electron chi connectivity index (χ0n) is 16.7. The lowest BCUT2D eigenvalue weighted by atomic mass is 10.3. The van der Waals surface area contributed by atoms with Crippen molar-refractivity contribution < 1.29 is 9.18 Å². The van der Waals surface area contributed by atoms with Crippen molar-refractivity contribution in [3.63, 3.8) is 0 Å². The quantitative estimate of drug-likeness (QED) is 0.434. The Morgan fingerprint density at radius 2 is 1.90 bits per heavy atom. The predicted molar refractivity (Wildman–Crippen MR) is 116 cm³/mol. The number of rotatable bonds is 4. The molecule has 0 saturated heterocycles. The number of hydrogen-bond donors (Lipinski definition) is 0. The molecule has 9 nitrogen and oxygen atoms in total. The monoisotopic (exact) mass is 462 g/mol. The second-order valence-corrected chi connectivity index (χ2v) is 7.95. The van der Waals surface area contributed by atoms with E-state index in [4.69, 9.17) is 11.6 Å². The molecule has 0 aliphatic heterocycles. The molecule has 1 amide bonds. The van der Waals surface area contributed by atoms with Gasteiger partial charge >= 0.3 is 5.69 Å². The second-order valence-electron chi connectivity index (χ2n) is 6.77. The van der Waals surface area contributed by atoms with Gasteiger partial charge < -0.3 is 4.57 Å². The molecule has 160 valence electrons. The summed E-state index contributed by atoms with van der Waals surface area (Å²) >= 11 is 7.40. The predicted octanol–water partition coefficient (Wildman–Crippen LogP) is 2.42. The Morgan fingerprint density at radius 3 is 2.58 bits per heavy atom. The standard InChI is InChI=1S/C19H16ClFN6O3S/c1-10(28)27(13-7-5-4-6-12(13)21)18-22-11(9-31-18)8-26-14-15(23-17(26)20)24(2)19(30)25(3)16(14)29/h4-7,9H,8H2,1-3H3. The molecule has 3 aromatic heterocycles. The molecule has 0 radical (unpaired) electrons. The molecule has 12 heteroatoms. The highest BCUT2D eigenvalue weighted by atomic mass is 35.5. The summed E-state index contributed by atoms with van der Waals surface area (Å²) in [7, 11) is 2.87. The molecular weight excluding hydrogens is 447 g/mol. The molecule has 4 rings (SSSR count). The molecular formula is C19H16ClFN6O3S. The molecule has 0 saturated carbocycles. The van der Waals surface area contributed by atoms with Gasteiger partial charge in [0.2, 0.25) is 11.2 Å². The number of anilines is 2. The number of hydrogen-bond acceptors (Lipinski definition) is 6. The largest absolute Gasteiger partial charge is 0.332 e. The van der Waals surface area contributed by atoms with Gasteiger partial charge in [-0.3, -0.25) is 23.6 Å². The number of aromatic nitrogens is 5. The molecule has 0 fully saturated rings. The second kappa shape index (κ2) is 7.75. The minimum absolute atomic E-state index is 0.0142. The Morgan fingerprint density at radius 1 is 1.19 bits per heavy atom. The van der Waals surface area contributed by atoms with Crippen molar-refractivity contribution >= 4 is 50.8 Å². The SMILES string of the molecule is CC(=O)N(c1nc(Cn2c(Cl)nc3c2c(=O)n(C)c(=O)n3C)cs1)c1ccccc1F. The third-order valence-corrected chi connectivity index (χ3v) is 5.92. The van der Waals surface area contributed by atoms with Gasteiger partial charge in [0.1, 0.15) is 5.82 Å². The van der Waals surface area contributed by atoms with Crippen LogP contribution in [0.5, 0.6) is 0 Å². The van der Waals surface area contributed by atoms with Crippen LogP contribution in [0.3, 0.4) is 0 Å². The molecule has 0 atom stereocenters. The van der Waals surface area contributed by atoms with Gasteiger partial charge in [0.05, 0.1) is 17.9 Å². The summed E-state index contributed by atoms with van der Waals surface area (Å²) in [6.45, 7) is 1.39. The van der Waals surface area contributed by atoms with Crippen molar-refractivity contribution in [2.75, 3.05) is 4.90 Å². The van der Waals surface area contributed by atoms with E-state index in [1.165, 1.54) is 53.3 Å². The molecule has 1 aromatic carbocycles. The Balaban J connectivity index is 1.78. The Bertz CT molecular complexity index is 1450. The lowest BCUT2D eigenvalue weighted by Gasteiger charge is -2.18. The summed E-state index contributed by atoms with van der Waals surface area (Å²) in [4.78, 5) is 46.8. The fraction of sp³-hybridized carbons (Fsp3) is 0.211. The van der Waals surface area contributed by atoms with Crippen molar-refractivity contribution in [1.82, 2.24) is 23.7 Å². The third kappa shape index (κ3) is 3.45. The number of para-hydroxylation sites is 1. The number of carbonyl (C=O) groups is 1. The van der Waals surface area contributed by atoms with Crippen LogP contribution in [0, 0.1) is 5.82 Å². The van der Waals surface area contributed by atoms with E-state index in [-0.39, 0.29) is 33.8 Å². The number of imidazole rings is 1. The molecule has 4 aromatic rings. The summed E-state index contributed by atoms with van der Waals surface area (Å²) < 4.78 is 17.9. The van der Waals surface area contributed by atoms with Gasteiger partial charge in [-0.1, -0.05) is 12.1 Å². The van der Waals surface area contributed by atoms with E-state index < -0.39 is 23.0 Å². The van der Waals surface area contributed by atoms with Crippen molar-refractivity contribution in [2.24, 2.45) is 14.1 Å². The highest BCUT2D eigenvalue weighted by Crippen LogP contribution is 2.31. The smallest absolute Gasteiger partial charge is 0.303 e. The molecule has 0 aliphatic rings. The number of amides is 1.